The molecule has 1 atom stereocenters. The second kappa shape index (κ2) is 5.98. The maximum absolute atomic E-state index is 12.6. The number of imidazole rings is 1. The van der Waals surface area contributed by atoms with Crippen LogP contribution in [-0.4, -0.2) is 27.3 Å². The van der Waals surface area contributed by atoms with Crippen LogP contribution in [0.4, 0.5) is 10.7 Å². The van der Waals surface area contributed by atoms with Gasteiger partial charge in [-0.25, -0.2) is 14.0 Å². The SMILES string of the molecule is [2H]C([2H])([2H])OC(=O)Nc1nc2ccc(S(=O)c3ccccc3)cc2[nH]1. The zero-order valence-electron chi connectivity index (χ0n) is 14.2. The van der Waals surface area contributed by atoms with E-state index in [-0.39, 0.29) is 5.95 Å². The average Bonchev–Trinajstić information content (AvgIpc) is 2.94. The van der Waals surface area contributed by atoms with Crippen LogP contribution in [0.2, 0.25) is 0 Å². The summed E-state index contributed by atoms with van der Waals surface area (Å²) in [5, 5.41) is 2.20. The smallest absolute Gasteiger partial charge is 0.413 e. The molecule has 0 bridgehead atoms. The van der Waals surface area contributed by atoms with E-state index in [1.807, 2.05) is 6.07 Å². The molecule has 112 valence electrons. The topological polar surface area (TPSA) is 84.1 Å². The molecular weight excluding hydrogens is 302 g/mol. The molecule has 6 nitrogen and oxygen atoms in total. The first kappa shape index (κ1) is 11.0. The van der Waals surface area contributed by atoms with Crippen LogP contribution >= 0.6 is 0 Å². The Kier molecular flexibility index (Phi) is 2.98. The molecule has 0 saturated heterocycles. The maximum Gasteiger partial charge on any atom is 0.413 e. The number of amides is 1. The quantitative estimate of drug-likeness (QED) is 0.777. The Balaban J connectivity index is 1.82. The van der Waals surface area contributed by atoms with Gasteiger partial charge in [-0.05, 0) is 30.3 Å². The molecule has 1 amide bonds. The Bertz CT molecular complexity index is 941. The fourth-order valence-corrected chi connectivity index (χ4v) is 3.06. The molecule has 1 aromatic heterocycles. The van der Waals surface area contributed by atoms with Gasteiger partial charge in [-0.15, -0.1) is 0 Å². The zero-order chi connectivity index (χ0) is 18.0. The summed E-state index contributed by atoms with van der Waals surface area (Å²) in [4.78, 5) is 19.6. The van der Waals surface area contributed by atoms with E-state index in [1.54, 1.807) is 42.5 Å². The van der Waals surface area contributed by atoms with Gasteiger partial charge >= 0.3 is 6.09 Å². The van der Waals surface area contributed by atoms with Crippen LogP contribution < -0.4 is 5.32 Å². The molecule has 7 heteroatoms. The standard InChI is InChI=1S/C15H13N3O3S/c1-21-15(19)18-14-16-12-8-7-11(9-13(12)17-14)22(20)10-5-3-2-4-6-10/h2-9H,1H3,(H2,16,17,18,19)/i1D3. The Labute approximate surface area is 133 Å². The molecule has 3 rings (SSSR count). The molecule has 1 unspecified atom stereocenters. The molecule has 3 aromatic rings. The van der Waals surface area contributed by atoms with E-state index in [0.29, 0.717) is 20.8 Å². The molecule has 0 spiro atoms. The summed E-state index contributed by atoms with van der Waals surface area (Å²) in [7, 11) is -4.19. The van der Waals surface area contributed by atoms with Crippen molar-refractivity contribution in [1.29, 1.82) is 0 Å². The van der Waals surface area contributed by atoms with Crippen molar-refractivity contribution in [3.05, 3.63) is 48.5 Å². The van der Waals surface area contributed by atoms with E-state index in [1.165, 1.54) is 0 Å². The lowest BCUT2D eigenvalue weighted by Crippen LogP contribution is -2.11. The lowest BCUT2D eigenvalue weighted by atomic mass is 10.3. The first-order valence-electron chi connectivity index (χ1n) is 7.78. The summed E-state index contributed by atoms with van der Waals surface area (Å²) in [5.41, 5.74) is 1.07. The third-order valence-electron chi connectivity index (χ3n) is 2.94. The maximum atomic E-state index is 12.6. The molecule has 0 aliphatic rings. The van der Waals surface area contributed by atoms with Crippen molar-refractivity contribution < 1.29 is 17.9 Å². The molecule has 22 heavy (non-hydrogen) atoms. The third-order valence-corrected chi connectivity index (χ3v) is 4.32. The van der Waals surface area contributed by atoms with E-state index in [9.17, 15) is 9.00 Å². The minimum absolute atomic E-state index is 0.0342. The van der Waals surface area contributed by atoms with Crippen LogP contribution in [0, 0.1) is 0 Å². The molecule has 0 fully saturated rings. The van der Waals surface area contributed by atoms with Crippen molar-refractivity contribution in [1.82, 2.24) is 9.97 Å². The second-order valence-corrected chi connectivity index (χ2v) is 5.84. The molecule has 2 aromatic carbocycles. The number of carbonyl (C=O) groups is 1. The summed E-state index contributed by atoms with van der Waals surface area (Å²) >= 11 is 0. The summed E-state index contributed by atoms with van der Waals surface area (Å²) < 4.78 is 37.4. The van der Waals surface area contributed by atoms with Crippen molar-refractivity contribution >= 4 is 33.9 Å². The number of H-pyrrole nitrogens is 1. The number of methoxy groups -OCH3 is 1. The van der Waals surface area contributed by atoms with Crippen LogP contribution in [0.3, 0.4) is 0 Å². The van der Waals surface area contributed by atoms with Crippen LogP contribution in [0.1, 0.15) is 4.11 Å². The van der Waals surface area contributed by atoms with Gasteiger partial charge in [0.1, 0.15) is 0 Å². The van der Waals surface area contributed by atoms with Crippen LogP contribution in [0.25, 0.3) is 11.0 Å². The van der Waals surface area contributed by atoms with Crippen molar-refractivity contribution in [2.45, 2.75) is 9.79 Å². The van der Waals surface area contributed by atoms with Gasteiger partial charge < -0.3 is 9.72 Å². The molecule has 0 aliphatic carbocycles. The third kappa shape index (κ3) is 2.84. The lowest BCUT2D eigenvalue weighted by Gasteiger charge is -2.01. The molecule has 0 saturated carbocycles. The number of rotatable bonds is 3. The van der Waals surface area contributed by atoms with Gasteiger partial charge in [0.05, 0.1) is 33.0 Å². The lowest BCUT2D eigenvalue weighted by molar-refractivity contribution is 0.186. The van der Waals surface area contributed by atoms with Crippen LogP contribution in [0.5, 0.6) is 0 Å². The summed E-state index contributed by atoms with van der Waals surface area (Å²) in [6.07, 6.45) is -1.15. The molecular formula is C15H13N3O3S. The minimum atomic E-state index is -2.84. The average molecular weight is 318 g/mol. The van der Waals surface area contributed by atoms with Gasteiger partial charge in [0, 0.05) is 9.79 Å². The number of aromatic nitrogens is 2. The first-order valence-corrected chi connectivity index (χ1v) is 7.43. The van der Waals surface area contributed by atoms with Gasteiger partial charge in [0.2, 0.25) is 5.95 Å². The minimum Gasteiger partial charge on any atom is -0.453 e. The highest BCUT2D eigenvalue weighted by molar-refractivity contribution is 7.85. The van der Waals surface area contributed by atoms with Gasteiger partial charge in [-0.2, -0.15) is 0 Å². The Morgan fingerprint density at radius 1 is 1.27 bits per heavy atom. The van der Waals surface area contributed by atoms with Crippen molar-refractivity contribution in [2.24, 2.45) is 0 Å². The second-order valence-electron chi connectivity index (χ2n) is 4.36. The van der Waals surface area contributed by atoms with Gasteiger partial charge in [0.25, 0.3) is 0 Å². The number of hydrogen-bond acceptors (Lipinski definition) is 4. The predicted molar refractivity (Wildman–Crippen MR) is 83.2 cm³/mol. The highest BCUT2D eigenvalue weighted by Crippen LogP contribution is 2.21. The fraction of sp³-hybridized carbons (Fsp3) is 0.0667. The van der Waals surface area contributed by atoms with Crippen LogP contribution in [0.15, 0.2) is 58.3 Å². The number of carbonyl (C=O) groups excluding carboxylic acids is 1. The Hall–Kier alpha value is -2.67. The largest absolute Gasteiger partial charge is 0.453 e. The number of benzene rings is 2. The first-order chi connectivity index (χ1) is 11.8. The Morgan fingerprint density at radius 3 is 2.86 bits per heavy atom. The fourth-order valence-electron chi connectivity index (χ4n) is 1.97. The van der Waals surface area contributed by atoms with Crippen molar-refractivity contribution in [3.8, 4) is 0 Å². The number of hydrogen-bond donors (Lipinski definition) is 2. The van der Waals surface area contributed by atoms with Gasteiger partial charge in [0.15, 0.2) is 0 Å². The molecule has 0 aliphatic heterocycles. The van der Waals surface area contributed by atoms with Crippen LogP contribution in [-0.2, 0) is 15.5 Å². The van der Waals surface area contributed by atoms with E-state index in [4.69, 9.17) is 4.11 Å². The predicted octanol–water partition coefficient (Wildman–Crippen LogP) is 2.91. The number of fused-ring (bicyclic) bond motifs is 1. The van der Waals surface area contributed by atoms with E-state index in [0.717, 1.165) is 0 Å². The van der Waals surface area contributed by atoms with Crippen molar-refractivity contribution in [2.75, 3.05) is 12.4 Å². The normalized spacial score (nSPS) is 14.6. The van der Waals surface area contributed by atoms with Gasteiger partial charge in [-0.1, -0.05) is 18.2 Å². The number of nitrogens with zero attached hydrogens (tertiary/aromatic N) is 1. The van der Waals surface area contributed by atoms with E-state index in [2.05, 4.69) is 20.0 Å². The van der Waals surface area contributed by atoms with E-state index >= 15 is 0 Å². The molecule has 1 heterocycles. The number of anilines is 1. The van der Waals surface area contributed by atoms with E-state index < -0.39 is 23.9 Å². The summed E-state index contributed by atoms with van der Waals surface area (Å²) in [6, 6.07) is 14.0. The zero-order valence-corrected chi connectivity index (χ0v) is 12.0. The number of ether oxygens (including phenoxy) is 1. The summed E-state index contributed by atoms with van der Waals surface area (Å²) in [6.45, 7) is 0. The van der Waals surface area contributed by atoms with Gasteiger partial charge in [-0.3, -0.25) is 5.32 Å². The highest BCUT2D eigenvalue weighted by atomic mass is 32.2. The number of aromatic amines is 1. The Morgan fingerprint density at radius 2 is 2.09 bits per heavy atom. The number of nitrogens with one attached hydrogen (secondary N) is 2. The molecule has 2 N–H and O–H groups in total. The molecule has 0 radical (unpaired) electrons. The summed E-state index contributed by atoms with van der Waals surface area (Å²) in [5.74, 6) is 0.0342. The highest BCUT2D eigenvalue weighted by Gasteiger charge is 2.11. The monoisotopic (exact) mass is 318 g/mol. The van der Waals surface area contributed by atoms with Crippen molar-refractivity contribution in [3.63, 3.8) is 0 Å².